The average Bonchev–Trinajstić information content (AvgIpc) is 2.80. The summed E-state index contributed by atoms with van der Waals surface area (Å²) in [5.41, 5.74) is 6.78. The average molecular weight is 237 g/mol. The van der Waals surface area contributed by atoms with Crippen molar-refractivity contribution < 1.29 is 0 Å². The third-order valence-electron chi connectivity index (χ3n) is 3.24. The molecular formula is C14H27N3. The molecule has 1 aromatic rings. The van der Waals surface area contributed by atoms with Gasteiger partial charge in [0.05, 0.1) is 5.69 Å². The maximum atomic E-state index is 5.63. The van der Waals surface area contributed by atoms with Gasteiger partial charge in [0, 0.05) is 19.3 Å². The fraction of sp³-hybridized carbons (Fsp3) is 0.786. The molecule has 3 heteroatoms. The van der Waals surface area contributed by atoms with Crippen LogP contribution < -0.4 is 5.73 Å². The van der Waals surface area contributed by atoms with Crippen molar-refractivity contribution >= 4 is 0 Å². The molecule has 0 atom stereocenters. The van der Waals surface area contributed by atoms with Gasteiger partial charge in [-0.2, -0.15) is 5.10 Å². The van der Waals surface area contributed by atoms with Crippen molar-refractivity contribution in [1.82, 2.24) is 9.78 Å². The minimum Gasteiger partial charge on any atom is -0.325 e. The second-order valence-corrected chi connectivity index (χ2v) is 4.72. The maximum absolute atomic E-state index is 5.63. The molecule has 0 spiro atoms. The SMILES string of the molecule is CCCCCCCCCCn1nccc1CN. The van der Waals surface area contributed by atoms with E-state index in [4.69, 9.17) is 5.73 Å². The highest BCUT2D eigenvalue weighted by molar-refractivity contribution is 4.99. The molecule has 0 radical (unpaired) electrons. The number of rotatable bonds is 10. The molecule has 98 valence electrons. The molecular weight excluding hydrogens is 210 g/mol. The number of aromatic nitrogens is 2. The third-order valence-corrected chi connectivity index (χ3v) is 3.24. The summed E-state index contributed by atoms with van der Waals surface area (Å²) in [6.07, 6.45) is 12.7. The Labute approximate surface area is 105 Å². The summed E-state index contributed by atoms with van der Waals surface area (Å²) in [7, 11) is 0. The van der Waals surface area contributed by atoms with E-state index in [0.29, 0.717) is 6.54 Å². The van der Waals surface area contributed by atoms with Crippen molar-refractivity contribution in [2.75, 3.05) is 0 Å². The minimum absolute atomic E-state index is 0.594. The van der Waals surface area contributed by atoms with E-state index in [1.807, 2.05) is 16.9 Å². The molecule has 0 amide bonds. The fourth-order valence-electron chi connectivity index (χ4n) is 2.13. The lowest BCUT2D eigenvalue weighted by atomic mass is 10.1. The van der Waals surface area contributed by atoms with Crippen LogP contribution in [0.3, 0.4) is 0 Å². The molecule has 2 N–H and O–H groups in total. The van der Waals surface area contributed by atoms with Crippen LogP contribution in [0.15, 0.2) is 12.3 Å². The van der Waals surface area contributed by atoms with Crippen molar-refractivity contribution in [3.63, 3.8) is 0 Å². The Morgan fingerprint density at radius 2 is 1.71 bits per heavy atom. The van der Waals surface area contributed by atoms with Gasteiger partial charge >= 0.3 is 0 Å². The van der Waals surface area contributed by atoms with Gasteiger partial charge in [-0.25, -0.2) is 0 Å². The summed E-state index contributed by atoms with van der Waals surface area (Å²) in [4.78, 5) is 0. The lowest BCUT2D eigenvalue weighted by Gasteiger charge is -2.05. The van der Waals surface area contributed by atoms with Gasteiger partial charge in [0.1, 0.15) is 0 Å². The van der Waals surface area contributed by atoms with E-state index in [9.17, 15) is 0 Å². The first kappa shape index (κ1) is 14.2. The standard InChI is InChI=1S/C14H27N3/c1-2-3-4-5-6-7-8-9-12-17-14(13-15)10-11-16-17/h10-11H,2-9,12-13,15H2,1H3. The molecule has 0 saturated heterocycles. The monoisotopic (exact) mass is 237 g/mol. The summed E-state index contributed by atoms with van der Waals surface area (Å²) in [5, 5.41) is 4.28. The Morgan fingerprint density at radius 3 is 2.35 bits per heavy atom. The smallest absolute Gasteiger partial charge is 0.0519 e. The zero-order valence-electron chi connectivity index (χ0n) is 11.2. The van der Waals surface area contributed by atoms with Crippen LogP contribution in [0.1, 0.15) is 64.0 Å². The lowest BCUT2D eigenvalue weighted by molar-refractivity contribution is 0.508. The van der Waals surface area contributed by atoms with Crippen molar-refractivity contribution in [3.8, 4) is 0 Å². The molecule has 0 saturated carbocycles. The van der Waals surface area contributed by atoms with Gasteiger partial charge in [-0.1, -0.05) is 51.9 Å². The quantitative estimate of drug-likeness (QED) is 0.633. The Bertz CT molecular complexity index is 281. The Morgan fingerprint density at radius 1 is 1.06 bits per heavy atom. The highest BCUT2D eigenvalue weighted by Crippen LogP contribution is 2.09. The van der Waals surface area contributed by atoms with E-state index in [1.54, 1.807) is 0 Å². The number of nitrogens with two attached hydrogens (primary N) is 1. The Kier molecular flexibility index (Phi) is 7.72. The van der Waals surface area contributed by atoms with Gasteiger partial charge in [-0.15, -0.1) is 0 Å². The summed E-state index contributed by atoms with van der Waals surface area (Å²) >= 11 is 0. The summed E-state index contributed by atoms with van der Waals surface area (Å²) < 4.78 is 2.04. The second kappa shape index (κ2) is 9.23. The molecule has 0 aliphatic rings. The minimum atomic E-state index is 0.594. The number of hydrogen-bond acceptors (Lipinski definition) is 2. The first-order chi connectivity index (χ1) is 8.38. The van der Waals surface area contributed by atoms with E-state index in [2.05, 4.69) is 12.0 Å². The Hall–Kier alpha value is -0.830. The van der Waals surface area contributed by atoms with Crippen molar-refractivity contribution in [3.05, 3.63) is 18.0 Å². The van der Waals surface area contributed by atoms with Gasteiger partial charge in [0.2, 0.25) is 0 Å². The molecule has 17 heavy (non-hydrogen) atoms. The summed E-state index contributed by atoms with van der Waals surface area (Å²) in [6.45, 7) is 3.88. The molecule has 0 aliphatic carbocycles. The third kappa shape index (κ3) is 5.87. The van der Waals surface area contributed by atoms with Gasteiger partial charge in [-0.3, -0.25) is 4.68 Å². The first-order valence-electron chi connectivity index (χ1n) is 7.09. The second-order valence-electron chi connectivity index (χ2n) is 4.72. The van der Waals surface area contributed by atoms with E-state index in [0.717, 1.165) is 12.2 Å². The predicted molar refractivity (Wildman–Crippen MR) is 72.7 cm³/mol. The molecule has 3 nitrogen and oxygen atoms in total. The van der Waals surface area contributed by atoms with Crippen LogP contribution in [0, 0.1) is 0 Å². The van der Waals surface area contributed by atoms with Crippen molar-refractivity contribution in [1.29, 1.82) is 0 Å². The number of nitrogens with zero attached hydrogens (tertiary/aromatic N) is 2. The van der Waals surface area contributed by atoms with Gasteiger partial charge in [0.15, 0.2) is 0 Å². The lowest BCUT2D eigenvalue weighted by Crippen LogP contribution is -2.08. The molecule has 0 unspecified atom stereocenters. The van der Waals surface area contributed by atoms with Crippen LogP contribution in [0.5, 0.6) is 0 Å². The molecule has 1 heterocycles. The van der Waals surface area contributed by atoms with Crippen LogP contribution in [0.2, 0.25) is 0 Å². The van der Waals surface area contributed by atoms with Gasteiger partial charge in [-0.05, 0) is 12.5 Å². The predicted octanol–water partition coefficient (Wildman–Crippen LogP) is 3.48. The van der Waals surface area contributed by atoms with Crippen molar-refractivity contribution in [2.24, 2.45) is 5.73 Å². The van der Waals surface area contributed by atoms with E-state index in [-0.39, 0.29) is 0 Å². The van der Waals surface area contributed by atoms with Crippen molar-refractivity contribution in [2.45, 2.75) is 71.4 Å². The maximum Gasteiger partial charge on any atom is 0.0519 e. The molecule has 0 bridgehead atoms. The number of aryl methyl sites for hydroxylation is 1. The normalized spacial score (nSPS) is 10.9. The van der Waals surface area contributed by atoms with Gasteiger partial charge in [0.25, 0.3) is 0 Å². The summed E-state index contributed by atoms with van der Waals surface area (Å²) in [6, 6.07) is 2.00. The van der Waals surface area contributed by atoms with Crippen LogP contribution in [0.4, 0.5) is 0 Å². The topological polar surface area (TPSA) is 43.8 Å². The first-order valence-corrected chi connectivity index (χ1v) is 7.09. The molecule has 0 aliphatic heterocycles. The van der Waals surface area contributed by atoms with E-state index in [1.165, 1.54) is 51.4 Å². The largest absolute Gasteiger partial charge is 0.325 e. The molecule has 0 aromatic carbocycles. The van der Waals surface area contributed by atoms with Crippen LogP contribution in [0.25, 0.3) is 0 Å². The highest BCUT2D eigenvalue weighted by Gasteiger charge is 1.99. The fourth-order valence-corrected chi connectivity index (χ4v) is 2.13. The molecule has 0 fully saturated rings. The van der Waals surface area contributed by atoms with Crippen LogP contribution >= 0.6 is 0 Å². The molecule has 1 aromatic heterocycles. The molecule has 1 rings (SSSR count). The van der Waals surface area contributed by atoms with Crippen LogP contribution in [-0.2, 0) is 13.1 Å². The summed E-state index contributed by atoms with van der Waals surface area (Å²) in [5.74, 6) is 0. The van der Waals surface area contributed by atoms with E-state index < -0.39 is 0 Å². The van der Waals surface area contributed by atoms with Gasteiger partial charge < -0.3 is 5.73 Å². The van der Waals surface area contributed by atoms with E-state index >= 15 is 0 Å². The highest BCUT2D eigenvalue weighted by atomic mass is 15.3. The zero-order valence-corrected chi connectivity index (χ0v) is 11.2. The zero-order chi connectivity index (χ0) is 12.3. The van der Waals surface area contributed by atoms with Crippen LogP contribution in [-0.4, -0.2) is 9.78 Å². The number of unbranched alkanes of at least 4 members (excludes halogenated alkanes) is 7. The number of hydrogen-bond donors (Lipinski definition) is 1. The Balaban J connectivity index is 1.97.